The predicted molar refractivity (Wildman–Crippen MR) is 38.3 cm³/mol. The molecule has 0 aliphatic heterocycles. The maximum atomic E-state index is 12.5. The third kappa shape index (κ3) is 1.26. The lowest BCUT2D eigenvalue weighted by Gasteiger charge is -2.07. The average molecular weight is 163 g/mol. The Bertz CT molecular complexity index is 226. The summed E-state index contributed by atoms with van der Waals surface area (Å²) in [7, 11) is 0. The van der Waals surface area contributed by atoms with E-state index in [0.29, 0.717) is 0 Å². The van der Waals surface area contributed by atoms with Gasteiger partial charge in [0.2, 0.25) is 0 Å². The second-order valence-corrected chi connectivity index (χ2v) is 3.01. The molecule has 0 saturated heterocycles. The van der Waals surface area contributed by atoms with Gasteiger partial charge < -0.3 is 5.73 Å². The van der Waals surface area contributed by atoms with Gasteiger partial charge in [-0.25, -0.2) is 8.78 Å². The number of hydrogen-bond acceptors (Lipinski definition) is 2. The highest BCUT2D eigenvalue weighted by Gasteiger charge is 2.27. The van der Waals surface area contributed by atoms with Gasteiger partial charge >= 0.3 is 0 Å². The highest BCUT2D eigenvalue weighted by Crippen LogP contribution is 2.35. The molecule has 0 radical (unpaired) electrons. The van der Waals surface area contributed by atoms with Gasteiger partial charge in [-0.3, -0.25) is 0 Å². The summed E-state index contributed by atoms with van der Waals surface area (Å²) >= 11 is 0.981. The number of anilines is 1. The first-order valence-corrected chi connectivity index (χ1v) is 3.61. The molecular formula is C6H7F2NS. The van der Waals surface area contributed by atoms with Crippen molar-refractivity contribution in [3.8, 4) is 0 Å². The molecule has 0 unspecified atom stereocenters. The molecule has 0 aliphatic carbocycles. The molecule has 1 nitrogen and oxygen atoms in total. The van der Waals surface area contributed by atoms with E-state index in [2.05, 4.69) is 0 Å². The van der Waals surface area contributed by atoms with Gasteiger partial charge in [-0.2, -0.15) is 0 Å². The summed E-state index contributed by atoms with van der Waals surface area (Å²) in [5, 5.41) is 1.56. The normalized spacial score (nSPS) is 11.9. The van der Waals surface area contributed by atoms with Crippen LogP contribution in [0.5, 0.6) is 0 Å². The molecule has 1 heterocycles. The number of nitrogens with two attached hydrogens (primary N) is 1. The first-order chi connectivity index (χ1) is 4.52. The minimum Gasteiger partial charge on any atom is -0.398 e. The van der Waals surface area contributed by atoms with Crippen LogP contribution in [0.15, 0.2) is 11.4 Å². The van der Waals surface area contributed by atoms with Gasteiger partial charge in [0.05, 0.1) is 10.6 Å². The van der Waals surface area contributed by atoms with Crippen LogP contribution in [0.2, 0.25) is 0 Å². The summed E-state index contributed by atoms with van der Waals surface area (Å²) in [6, 6.07) is 1.48. The summed E-state index contributed by atoms with van der Waals surface area (Å²) in [6.07, 6.45) is 0. The van der Waals surface area contributed by atoms with Crippen molar-refractivity contribution in [2.75, 3.05) is 5.73 Å². The maximum absolute atomic E-state index is 12.5. The monoisotopic (exact) mass is 163 g/mol. The zero-order chi connectivity index (χ0) is 7.78. The summed E-state index contributed by atoms with van der Waals surface area (Å²) in [5.74, 6) is -2.79. The molecule has 56 valence electrons. The molecule has 1 aromatic heterocycles. The SMILES string of the molecule is CC(F)(F)c1sccc1N. The smallest absolute Gasteiger partial charge is 0.281 e. The molecule has 0 saturated carbocycles. The summed E-state index contributed by atoms with van der Waals surface area (Å²) < 4.78 is 25.0. The van der Waals surface area contributed by atoms with Crippen molar-refractivity contribution >= 4 is 17.0 Å². The highest BCUT2D eigenvalue weighted by molar-refractivity contribution is 7.10. The topological polar surface area (TPSA) is 26.0 Å². The molecule has 0 bridgehead atoms. The van der Waals surface area contributed by atoms with E-state index in [1.807, 2.05) is 0 Å². The van der Waals surface area contributed by atoms with Crippen LogP contribution in [0.3, 0.4) is 0 Å². The van der Waals surface area contributed by atoms with E-state index in [0.717, 1.165) is 18.3 Å². The molecule has 1 aromatic rings. The van der Waals surface area contributed by atoms with Gasteiger partial charge in [-0.15, -0.1) is 11.3 Å². The van der Waals surface area contributed by atoms with Crippen molar-refractivity contribution in [1.29, 1.82) is 0 Å². The molecule has 0 atom stereocenters. The Morgan fingerprint density at radius 1 is 1.60 bits per heavy atom. The Labute approximate surface area is 61.5 Å². The zero-order valence-corrected chi connectivity index (χ0v) is 6.21. The van der Waals surface area contributed by atoms with Crippen LogP contribution in [0.1, 0.15) is 11.8 Å². The molecule has 0 aliphatic rings. The fraction of sp³-hybridized carbons (Fsp3) is 0.333. The Morgan fingerprint density at radius 2 is 2.20 bits per heavy atom. The molecule has 4 heteroatoms. The molecule has 0 fully saturated rings. The summed E-state index contributed by atoms with van der Waals surface area (Å²) in [6.45, 7) is 0.842. The molecule has 0 spiro atoms. The van der Waals surface area contributed by atoms with Gasteiger partial charge in [0.1, 0.15) is 0 Å². The average Bonchev–Trinajstić information content (AvgIpc) is 2.11. The highest BCUT2D eigenvalue weighted by atomic mass is 32.1. The van der Waals surface area contributed by atoms with Crippen LogP contribution in [0.4, 0.5) is 14.5 Å². The molecule has 0 amide bonds. The van der Waals surface area contributed by atoms with Gasteiger partial charge in [0.15, 0.2) is 0 Å². The molecule has 10 heavy (non-hydrogen) atoms. The maximum Gasteiger partial charge on any atom is 0.281 e. The first kappa shape index (κ1) is 7.47. The van der Waals surface area contributed by atoms with E-state index >= 15 is 0 Å². The first-order valence-electron chi connectivity index (χ1n) is 2.73. The molecule has 0 aromatic carbocycles. The number of thiophene rings is 1. The quantitative estimate of drug-likeness (QED) is 0.676. The van der Waals surface area contributed by atoms with E-state index in [9.17, 15) is 8.78 Å². The number of hydrogen-bond donors (Lipinski definition) is 1. The van der Waals surface area contributed by atoms with Gasteiger partial charge in [-0.05, 0) is 11.4 Å². The zero-order valence-electron chi connectivity index (χ0n) is 5.40. The van der Waals surface area contributed by atoms with Crippen LogP contribution < -0.4 is 5.73 Å². The number of nitrogen functional groups attached to an aromatic ring is 1. The van der Waals surface area contributed by atoms with Crippen LogP contribution in [-0.4, -0.2) is 0 Å². The molecule has 2 N–H and O–H groups in total. The van der Waals surface area contributed by atoms with E-state index in [1.54, 1.807) is 5.38 Å². The van der Waals surface area contributed by atoms with Crippen LogP contribution in [0.25, 0.3) is 0 Å². The minimum absolute atomic E-state index is 0.0486. The van der Waals surface area contributed by atoms with Crippen molar-refractivity contribution < 1.29 is 8.78 Å². The van der Waals surface area contributed by atoms with Gasteiger partial charge in [0.25, 0.3) is 5.92 Å². The number of halogens is 2. The van der Waals surface area contributed by atoms with Crippen LogP contribution in [0, 0.1) is 0 Å². The summed E-state index contributed by atoms with van der Waals surface area (Å²) in [4.78, 5) is -0.0486. The Hall–Kier alpha value is -0.640. The van der Waals surface area contributed by atoms with Gasteiger partial charge in [-0.1, -0.05) is 0 Å². The van der Waals surface area contributed by atoms with Crippen LogP contribution in [-0.2, 0) is 5.92 Å². The lowest BCUT2D eigenvalue weighted by atomic mass is 10.3. The van der Waals surface area contributed by atoms with Crippen molar-refractivity contribution in [3.05, 3.63) is 16.3 Å². The third-order valence-corrected chi connectivity index (χ3v) is 2.20. The lowest BCUT2D eigenvalue weighted by Crippen LogP contribution is -2.06. The third-order valence-electron chi connectivity index (χ3n) is 1.09. The van der Waals surface area contributed by atoms with Gasteiger partial charge in [0, 0.05) is 6.92 Å². The molecule has 1 rings (SSSR count). The second kappa shape index (κ2) is 2.20. The van der Waals surface area contributed by atoms with E-state index < -0.39 is 5.92 Å². The van der Waals surface area contributed by atoms with E-state index in [1.165, 1.54) is 6.07 Å². The Kier molecular flexibility index (Phi) is 1.64. The van der Waals surface area contributed by atoms with Crippen molar-refractivity contribution in [2.45, 2.75) is 12.8 Å². The fourth-order valence-corrected chi connectivity index (χ4v) is 1.44. The number of alkyl halides is 2. The number of rotatable bonds is 1. The van der Waals surface area contributed by atoms with Crippen molar-refractivity contribution in [3.63, 3.8) is 0 Å². The lowest BCUT2D eigenvalue weighted by molar-refractivity contribution is 0.0223. The summed E-state index contributed by atoms with van der Waals surface area (Å²) in [5.41, 5.74) is 5.44. The van der Waals surface area contributed by atoms with E-state index in [-0.39, 0.29) is 10.6 Å². The van der Waals surface area contributed by atoms with Crippen molar-refractivity contribution in [1.82, 2.24) is 0 Å². The Balaban J connectivity index is 3.05. The van der Waals surface area contributed by atoms with Crippen molar-refractivity contribution in [2.24, 2.45) is 0 Å². The fourth-order valence-electron chi connectivity index (χ4n) is 0.676. The predicted octanol–water partition coefficient (Wildman–Crippen LogP) is 2.44. The van der Waals surface area contributed by atoms with Crippen LogP contribution >= 0.6 is 11.3 Å². The standard InChI is InChI=1S/C6H7F2NS/c1-6(7,8)5-4(9)2-3-10-5/h2-3H,9H2,1H3. The largest absolute Gasteiger partial charge is 0.398 e. The Morgan fingerprint density at radius 3 is 2.40 bits per heavy atom. The minimum atomic E-state index is -2.79. The molecular weight excluding hydrogens is 156 g/mol. The van der Waals surface area contributed by atoms with E-state index in [4.69, 9.17) is 5.73 Å². The second-order valence-electron chi connectivity index (χ2n) is 2.09.